The van der Waals surface area contributed by atoms with Gasteiger partial charge in [0.2, 0.25) is 0 Å². The second kappa shape index (κ2) is 5.49. The number of carboxylic acid groups (broad SMARTS) is 1. The van der Waals surface area contributed by atoms with Crippen molar-refractivity contribution in [2.24, 2.45) is 17.8 Å². The van der Waals surface area contributed by atoms with Crippen molar-refractivity contribution in [3.63, 3.8) is 0 Å². The van der Waals surface area contributed by atoms with E-state index in [-0.39, 0.29) is 18.0 Å². The van der Waals surface area contributed by atoms with Crippen LogP contribution in [0.1, 0.15) is 37.8 Å². The molecule has 0 spiro atoms. The summed E-state index contributed by atoms with van der Waals surface area (Å²) in [6, 6.07) is 8.52. The highest BCUT2D eigenvalue weighted by Crippen LogP contribution is 2.49. The first-order chi connectivity index (χ1) is 9.56. The van der Waals surface area contributed by atoms with Gasteiger partial charge in [-0.05, 0) is 55.7 Å². The second-order valence-corrected chi connectivity index (χ2v) is 7.08. The molecule has 4 heteroatoms. The highest BCUT2D eigenvalue weighted by Gasteiger charge is 2.51. The van der Waals surface area contributed by atoms with E-state index in [9.17, 15) is 9.90 Å². The van der Waals surface area contributed by atoms with Crippen molar-refractivity contribution in [1.29, 1.82) is 0 Å². The number of hydrogen-bond acceptors (Lipinski definition) is 2. The summed E-state index contributed by atoms with van der Waals surface area (Å²) in [6.07, 6.45) is 3.35. The molecule has 2 bridgehead atoms. The first kappa shape index (κ1) is 14.1. The summed E-state index contributed by atoms with van der Waals surface area (Å²) in [5, 5.41) is 13.1. The minimum absolute atomic E-state index is 0.125. The Kier molecular flexibility index (Phi) is 3.87. The van der Waals surface area contributed by atoms with E-state index in [1.54, 1.807) is 0 Å². The van der Waals surface area contributed by atoms with Crippen LogP contribution < -0.4 is 5.32 Å². The fourth-order valence-corrected chi connectivity index (χ4v) is 4.46. The average Bonchev–Trinajstić information content (AvgIpc) is 2.99. The van der Waals surface area contributed by atoms with Crippen LogP contribution in [0.25, 0.3) is 0 Å². The Morgan fingerprint density at radius 1 is 1.40 bits per heavy atom. The molecule has 0 aromatic heterocycles. The number of carbonyl (C=O) groups is 1. The summed E-state index contributed by atoms with van der Waals surface area (Å²) in [5.74, 6) is 0.0832. The molecule has 2 saturated carbocycles. The van der Waals surface area contributed by atoms with E-state index in [0.29, 0.717) is 11.8 Å². The molecule has 108 valence electrons. The zero-order chi connectivity index (χ0) is 14.3. The second-order valence-electron chi connectivity index (χ2n) is 6.17. The van der Waals surface area contributed by atoms with Gasteiger partial charge in [-0.2, -0.15) is 0 Å². The van der Waals surface area contributed by atoms with Gasteiger partial charge in [-0.25, -0.2) is 0 Å². The lowest BCUT2D eigenvalue weighted by molar-refractivity contribution is -0.144. The monoisotopic (exact) mass is 337 g/mol. The number of carboxylic acids is 1. The molecule has 0 saturated heterocycles. The van der Waals surface area contributed by atoms with E-state index in [2.05, 4.69) is 40.3 Å². The lowest BCUT2D eigenvalue weighted by Gasteiger charge is -2.31. The van der Waals surface area contributed by atoms with Crippen molar-refractivity contribution < 1.29 is 9.90 Å². The third-order valence-electron chi connectivity index (χ3n) is 4.99. The Bertz CT molecular complexity index is 519. The summed E-state index contributed by atoms with van der Waals surface area (Å²) < 4.78 is 1.06. The molecule has 2 N–H and O–H groups in total. The van der Waals surface area contributed by atoms with Gasteiger partial charge in [0.15, 0.2) is 0 Å². The number of hydrogen-bond donors (Lipinski definition) is 2. The maximum atomic E-state index is 11.5. The van der Waals surface area contributed by atoms with Crippen LogP contribution in [0.4, 0.5) is 0 Å². The van der Waals surface area contributed by atoms with Gasteiger partial charge in [0.25, 0.3) is 0 Å². The van der Waals surface area contributed by atoms with Crippen molar-refractivity contribution in [1.82, 2.24) is 5.32 Å². The van der Waals surface area contributed by atoms with E-state index in [0.717, 1.165) is 17.3 Å². The van der Waals surface area contributed by atoms with Gasteiger partial charge in [0, 0.05) is 16.6 Å². The highest BCUT2D eigenvalue weighted by molar-refractivity contribution is 9.10. The van der Waals surface area contributed by atoms with Crippen LogP contribution in [0.15, 0.2) is 28.7 Å². The van der Waals surface area contributed by atoms with Crippen LogP contribution in [-0.4, -0.2) is 17.1 Å². The number of nitrogens with one attached hydrogen (secondary N) is 1. The van der Waals surface area contributed by atoms with Gasteiger partial charge < -0.3 is 10.4 Å². The minimum Gasteiger partial charge on any atom is -0.481 e. The summed E-state index contributed by atoms with van der Waals surface area (Å²) in [7, 11) is 0. The number of rotatable bonds is 4. The molecule has 20 heavy (non-hydrogen) atoms. The van der Waals surface area contributed by atoms with E-state index in [1.165, 1.54) is 12.0 Å². The van der Waals surface area contributed by atoms with Crippen LogP contribution in [-0.2, 0) is 4.79 Å². The fraction of sp³-hybridized carbons (Fsp3) is 0.562. The van der Waals surface area contributed by atoms with E-state index in [4.69, 9.17) is 0 Å². The van der Waals surface area contributed by atoms with Crippen LogP contribution in [0.2, 0.25) is 0 Å². The van der Waals surface area contributed by atoms with Crippen LogP contribution in [0, 0.1) is 17.8 Å². The number of aliphatic carboxylic acids is 1. The number of fused-ring (bicyclic) bond motifs is 2. The lowest BCUT2D eigenvalue weighted by Crippen LogP contribution is -2.45. The maximum absolute atomic E-state index is 11.5. The molecule has 3 nitrogen and oxygen atoms in total. The van der Waals surface area contributed by atoms with Gasteiger partial charge in [0.05, 0.1) is 5.92 Å². The van der Waals surface area contributed by atoms with Gasteiger partial charge in [0.1, 0.15) is 0 Å². The predicted octanol–water partition coefficient (Wildman–Crippen LogP) is 3.60. The van der Waals surface area contributed by atoms with Gasteiger partial charge in [-0.15, -0.1) is 0 Å². The third-order valence-corrected chi connectivity index (χ3v) is 5.49. The summed E-state index contributed by atoms with van der Waals surface area (Å²) >= 11 is 3.49. The Morgan fingerprint density at radius 2 is 2.15 bits per heavy atom. The smallest absolute Gasteiger partial charge is 0.308 e. The molecule has 0 heterocycles. The van der Waals surface area contributed by atoms with Crippen LogP contribution >= 0.6 is 15.9 Å². The van der Waals surface area contributed by atoms with Crippen LogP contribution in [0.3, 0.4) is 0 Å². The summed E-state index contributed by atoms with van der Waals surface area (Å²) in [5.41, 5.74) is 1.20. The van der Waals surface area contributed by atoms with Gasteiger partial charge in [-0.3, -0.25) is 4.79 Å². The molecule has 5 unspecified atom stereocenters. The highest BCUT2D eigenvalue weighted by atomic mass is 79.9. The molecule has 2 fully saturated rings. The van der Waals surface area contributed by atoms with E-state index < -0.39 is 5.97 Å². The molecule has 0 aliphatic heterocycles. The standard InChI is InChI=1S/C16H20BrNO2/c1-9(10-3-2-4-13(17)8-10)18-15-12-6-5-11(7-12)14(15)16(19)20/h2-4,8-9,11-12,14-15,18H,5-7H2,1H3,(H,19,20). The topological polar surface area (TPSA) is 49.3 Å². The fourth-order valence-electron chi connectivity index (χ4n) is 4.05. The maximum Gasteiger partial charge on any atom is 0.308 e. The molecule has 5 atom stereocenters. The average molecular weight is 338 g/mol. The molecule has 0 radical (unpaired) electrons. The van der Waals surface area contributed by atoms with Gasteiger partial charge in [-0.1, -0.05) is 28.1 Å². The predicted molar refractivity (Wildman–Crippen MR) is 81.4 cm³/mol. The largest absolute Gasteiger partial charge is 0.481 e. The number of halogens is 1. The first-order valence-corrected chi connectivity index (χ1v) is 8.10. The first-order valence-electron chi connectivity index (χ1n) is 7.30. The lowest BCUT2D eigenvalue weighted by atomic mass is 9.84. The molecule has 3 rings (SSSR count). The molecule has 2 aliphatic carbocycles. The van der Waals surface area contributed by atoms with Crippen molar-refractivity contribution >= 4 is 21.9 Å². The molecular formula is C16H20BrNO2. The third kappa shape index (κ3) is 2.51. The Morgan fingerprint density at radius 3 is 2.85 bits per heavy atom. The molecule has 2 aliphatic rings. The Balaban J connectivity index is 1.75. The van der Waals surface area contributed by atoms with Crippen LogP contribution in [0.5, 0.6) is 0 Å². The quantitative estimate of drug-likeness (QED) is 0.882. The summed E-state index contributed by atoms with van der Waals surface area (Å²) in [4.78, 5) is 11.5. The molecule has 1 aromatic rings. The zero-order valence-corrected chi connectivity index (χ0v) is 13.1. The van der Waals surface area contributed by atoms with Crippen molar-refractivity contribution in [2.45, 2.75) is 38.3 Å². The Labute approximate surface area is 127 Å². The summed E-state index contributed by atoms with van der Waals surface area (Å²) in [6.45, 7) is 2.12. The van der Waals surface area contributed by atoms with E-state index in [1.807, 2.05) is 12.1 Å². The molecular weight excluding hydrogens is 318 g/mol. The minimum atomic E-state index is -0.629. The van der Waals surface area contributed by atoms with Crippen molar-refractivity contribution in [2.75, 3.05) is 0 Å². The zero-order valence-electron chi connectivity index (χ0n) is 11.6. The molecule has 1 aromatic carbocycles. The van der Waals surface area contributed by atoms with Crippen molar-refractivity contribution in [3.05, 3.63) is 34.3 Å². The Hall–Kier alpha value is -0.870. The van der Waals surface area contributed by atoms with Crippen molar-refractivity contribution in [3.8, 4) is 0 Å². The van der Waals surface area contributed by atoms with Gasteiger partial charge >= 0.3 is 5.97 Å². The van der Waals surface area contributed by atoms with E-state index >= 15 is 0 Å². The molecule has 0 amide bonds. The normalized spacial score (nSPS) is 33.3. The number of benzene rings is 1. The SMILES string of the molecule is CC(NC1C2CCC(C2)C1C(=O)O)c1cccc(Br)c1.